The van der Waals surface area contributed by atoms with Crippen molar-refractivity contribution in [2.75, 3.05) is 49.5 Å². The highest BCUT2D eigenvalue weighted by molar-refractivity contribution is 7.86. The molecule has 1 aromatic carbocycles. The van der Waals surface area contributed by atoms with E-state index in [2.05, 4.69) is 22.5 Å². The van der Waals surface area contributed by atoms with Gasteiger partial charge < -0.3 is 10.2 Å². The van der Waals surface area contributed by atoms with Gasteiger partial charge in [-0.15, -0.1) is 0 Å². The molecule has 7 aliphatic rings. The van der Waals surface area contributed by atoms with E-state index >= 15 is 0 Å². The minimum absolute atomic E-state index is 0.0270. The van der Waals surface area contributed by atoms with Crippen molar-refractivity contribution in [1.82, 2.24) is 37.9 Å². The van der Waals surface area contributed by atoms with Crippen LogP contribution in [0.4, 0.5) is 11.8 Å². The fourth-order valence-electron chi connectivity index (χ4n) is 11.5. The van der Waals surface area contributed by atoms with E-state index in [1.807, 2.05) is 34.2 Å². The smallest absolute Gasteiger partial charge is 0.329 e. The fraction of sp³-hybridized carbons (Fsp3) is 0.659. The maximum Gasteiger partial charge on any atom is 0.329 e. The van der Waals surface area contributed by atoms with Gasteiger partial charge in [0, 0.05) is 88.4 Å². The monoisotopic (exact) mass is 870 g/mol. The van der Waals surface area contributed by atoms with Crippen LogP contribution in [0.3, 0.4) is 0 Å². The number of nitrogens with one attached hydrogen (secondary N) is 2. The number of nitrogens with zero attached hydrogens (tertiary/aromatic N) is 8. The first-order valence-electron chi connectivity index (χ1n) is 22.8. The van der Waals surface area contributed by atoms with E-state index in [0.717, 1.165) is 73.8 Å². The predicted octanol–water partition coefficient (Wildman–Crippen LogP) is 3.13. The molecule has 2 N–H and O–H groups in total. The van der Waals surface area contributed by atoms with E-state index in [1.165, 1.54) is 4.57 Å². The number of rotatable bonds is 11. The average Bonchev–Trinajstić information content (AvgIpc) is 3.82. The number of para-hydroxylation sites is 1. The molecule has 0 bridgehead atoms. The molecule has 4 saturated heterocycles. The van der Waals surface area contributed by atoms with E-state index in [4.69, 9.17) is 4.98 Å². The zero-order valence-corrected chi connectivity index (χ0v) is 36.6. The number of aromatic nitrogens is 4. The van der Waals surface area contributed by atoms with Gasteiger partial charge in [-0.3, -0.25) is 38.5 Å². The normalized spacial score (nSPS) is 26.4. The lowest BCUT2D eigenvalue weighted by atomic mass is 9.73. The van der Waals surface area contributed by atoms with Gasteiger partial charge in [0.2, 0.25) is 29.6 Å². The first-order chi connectivity index (χ1) is 29.8. The highest BCUT2D eigenvalue weighted by Crippen LogP contribution is 2.58. The van der Waals surface area contributed by atoms with Crippen LogP contribution in [0.25, 0.3) is 11.0 Å². The molecule has 4 amide bonds. The van der Waals surface area contributed by atoms with Crippen molar-refractivity contribution >= 4 is 56.6 Å². The first-order valence-corrected chi connectivity index (χ1v) is 24.2. The van der Waals surface area contributed by atoms with Crippen LogP contribution < -0.4 is 21.2 Å². The molecule has 6 fully saturated rings. The molecule has 3 unspecified atom stereocenters. The Balaban J connectivity index is 0.673. The zero-order chi connectivity index (χ0) is 43.1. The number of amides is 4. The third-order valence-corrected chi connectivity index (χ3v) is 17.4. The van der Waals surface area contributed by atoms with E-state index in [1.54, 1.807) is 20.2 Å². The Hall–Kier alpha value is -4.68. The minimum atomic E-state index is -3.60. The van der Waals surface area contributed by atoms with Gasteiger partial charge in [-0.1, -0.05) is 25.5 Å². The second-order valence-corrected chi connectivity index (χ2v) is 21.2. The largest absolute Gasteiger partial charge is 0.351 e. The van der Waals surface area contributed by atoms with Crippen LogP contribution in [0.1, 0.15) is 114 Å². The van der Waals surface area contributed by atoms with E-state index in [0.29, 0.717) is 88.8 Å². The molecule has 3 atom stereocenters. The van der Waals surface area contributed by atoms with Gasteiger partial charge in [-0.25, -0.2) is 9.78 Å². The molecule has 2 spiro atoms. The molecule has 17 nitrogen and oxygen atoms in total. The molecular formula is C44H58N10O7S. The van der Waals surface area contributed by atoms with Gasteiger partial charge in [0.05, 0.1) is 16.4 Å². The maximum absolute atomic E-state index is 13.8. The number of hydrogen-bond acceptors (Lipinski definition) is 10. The number of piperidine rings is 3. The highest BCUT2D eigenvalue weighted by atomic mass is 32.2. The average molecular weight is 871 g/mol. The highest BCUT2D eigenvalue weighted by Gasteiger charge is 2.62. The first kappa shape index (κ1) is 41.3. The number of carbonyl (C=O) groups excluding carboxylic acids is 4. The lowest BCUT2D eigenvalue weighted by Gasteiger charge is -2.54. The topological polar surface area (TPSA) is 192 Å². The minimum Gasteiger partial charge on any atom is -0.351 e. The number of unbranched alkanes of at least 4 members (excludes halogenated alkanes) is 1. The summed E-state index contributed by atoms with van der Waals surface area (Å²) in [4.78, 5) is 78.0. The van der Waals surface area contributed by atoms with Crippen molar-refractivity contribution in [3.8, 4) is 0 Å². The number of likely N-dealkylation sites (tertiary alicyclic amines) is 1. The van der Waals surface area contributed by atoms with Crippen molar-refractivity contribution < 1.29 is 27.6 Å². The summed E-state index contributed by atoms with van der Waals surface area (Å²) in [7, 11) is -1.90. The molecule has 62 heavy (non-hydrogen) atoms. The van der Waals surface area contributed by atoms with Gasteiger partial charge in [0.15, 0.2) is 0 Å². The molecule has 10 rings (SSSR count). The van der Waals surface area contributed by atoms with Crippen LogP contribution in [0, 0.1) is 11.3 Å². The summed E-state index contributed by atoms with van der Waals surface area (Å²) in [6, 6.07) is 5.16. The number of aryl methyl sites for hydroxylation is 2. The van der Waals surface area contributed by atoms with Crippen LogP contribution in [0.2, 0.25) is 0 Å². The van der Waals surface area contributed by atoms with Gasteiger partial charge in [0.25, 0.3) is 10.2 Å². The molecule has 5 aliphatic heterocycles. The quantitative estimate of drug-likeness (QED) is 0.214. The third kappa shape index (κ3) is 6.94. The van der Waals surface area contributed by atoms with Crippen LogP contribution in [0.15, 0.2) is 29.2 Å². The number of benzene rings is 1. The van der Waals surface area contributed by atoms with Crippen LogP contribution >= 0.6 is 0 Å². The molecule has 2 aliphatic carbocycles. The zero-order valence-electron chi connectivity index (χ0n) is 35.8. The van der Waals surface area contributed by atoms with E-state index < -0.39 is 27.6 Å². The second kappa shape index (κ2) is 15.5. The van der Waals surface area contributed by atoms with Gasteiger partial charge >= 0.3 is 5.69 Å². The number of fused-ring (bicyclic) bond motifs is 3. The summed E-state index contributed by atoms with van der Waals surface area (Å²) in [5.41, 5.74) is 2.55. The maximum atomic E-state index is 13.8. The standard InChI is InChI=1S/C44H58N10O7S/c1-28-7-5-10-32(28)54-38-31(44(17-18-44)40(54)58)25-45-41(48-38)46-30-15-21-51(22-16-30)62(60,61)52-26-43(27-52)19-23-50(24-20-43)36(56)12-4-3-8-29-9-6-11-33-37(29)49(2)42(59)53(33)34-13-14-35(55)47-39(34)57/h6,9,11,25,28,30,32,34H,3-5,7-8,10,12-24,26-27H2,1-2H3,(H,45,46,48)(H,47,55,57). The van der Waals surface area contributed by atoms with Crippen molar-refractivity contribution in [3.63, 3.8) is 0 Å². The second-order valence-electron chi connectivity index (χ2n) is 19.3. The van der Waals surface area contributed by atoms with Gasteiger partial charge in [-0.2, -0.15) is 22.0 Å². The number of imidazole rings is 1. The SMILES string of the molecule is CC1CCCC1N1C(=O)C2(CC2)c2cnc(NC3CCN(S(=O)(=O)N4CC5(CCN(C(=O)CCCCc6cccc7c6n(C)c(=O)n7C6CCC(=O)NC6=O)CC5)C4)CC3)nc21. The molecule has 0 radical (unpaired) electrons. The van der Waals surface area contributed by atoms with Crippen molar-refractivity contribution in [1.29, 1.82) is 0 Å². The van der Waals surface area contributed by atoms with Gasteiger partial charge in [-0.05, 0) is 94.6 Å². The summed E-state index contributed by atoms with van der Waals surface area (Å²) in [5.74, 6) is 1.23. The van der Waals surface area contributed by atoms with E-state index in [9.17, 15) is 32.4 Å². The Bertz CT molecular complexity index is 2490. The molecule has 332 valence electrons. The Labute approximate surface area is 361 Å². The van der Waals surface area contributed by atoms with Crippen molar-refractivity contribution in [3.05, 3.63) is 46.0 Å². The van der Waals surface area contributed by atoms with Crippen LogP contribution in [0.5, 0.6) is 0 Å². The predicted molar refractivity (Wildman–Crippen MR) is 230 cm³/mol. The van der Waals surface area contributed by atoms with Gasteiger partial charge in [0.1, 0.15) is 11.9 Å². The summed E-state index contributed by atoms with van der Waals surface area (Å²) in [5, 5.41) is 5.83. The van der Waals surface area contributed by atoms with Crippen molar-refractivity contribution in [2.24, 2.45) is 18.4 Å². The summed E-state index contributed by atoms with van der Waals surface area (Å²) in [6.07, 6.45) is 12.6. The Morgan fingerprint density at radius 1 is 0.935 bits per heavy atom. The number of hydrogen-bond donors (Lipinski definition) is 2. The molecule has 2 saturated carbocycles. The summed E-state index contributed by atoms with van der Waals surface area (Å²) >= 11 is 0. The molecular weight excluding hydrogens is 813 g/mol. The lowest BCUT2D eigenvalue weighted by Crippen LogP contribution is -2.64. The van der Waals surface area contributed by atoms with E-state index in [-0.39, 0.29) is 53.8 Å². The Morgan fingerprint density at radius 2 is 1.69 bits per heavy atom. The summed E-state index contributed by atoms with van der Waals surface area (Å²) in [6.45, 7) is 5.25. The molecule has 3 aromatic rings. The molecule has 2 aromatic heterocycles. The number of anilines is 2. The van der Waals surface area contributed by atoms with Crippen LogP contribution in [-0.2, 0) is 48.3 Å². The molecule has 18 heteroatoms. The Morgan fingerprint density at radius 3 is 2.39 bits per heavy atom. The fourth-order valence-corrected chi connectivity index (χ4v) is 13.4. The lowest BCUT2D eigenvalue weighted by molar-refractivity contribution is -0.136. The number of carbonyl (C=O) groups is 4. The number of imide groups is 1. The third-order valence-electron chi connectivity index (χ3n) is 15.5. The summed E-state index contributed by atoms with van der Waals surface area (Å²) < 4.78 is 33.8. The Kier molecular flexibility index (Phi) is 10.4. The van der Waals surface area contributed by atoms with Crippen LogP contribution in [-0.4, -0.2) is 116 Å². The van der Waals surface area contributed by atoms with Crippen molar-refractivity contribution in [2.45, 2.75) is 127 Å². The molecule has 7 heterocycles.